The molecule has 0 aliphatic carbocycles. The number of methoxy groups -OCH3 is 2. The van der Waals surface area contributed by atoms with Crippen molar-refractivity contribution in [2.24, 2.45) is 0 Å². The van der Waals surface area contributed by atoms with Gasteiger partial charge >= 0.3 is 0 Å². The molecule has 2 amide bonds. The van der Waals surface area contributed by atoms with Crippen molar-refractivity contribution in [3.05, 3.63) is 84.2 Å². The minimum absolute atomic E-state index is 0.0321. The van der Waals surface area contributed by atoms with Crippen molar-refractivity contribution >= 4 is 28.5 Å². The predicted molar refractivity (Wildman–Crippen MR) is 144 cm³/mol. The van der Waals surface area contributed by atoms with Crippen LogP contribution >= 0.6 is 0 Å². The van der Waals surface area contributed by atoms with Gasteiger partial charge in [-0.2, -0.15) is 0 Å². The van der Waals surface area contributed by atoms with Gasteiger partial charge in [0.25, 0.3) is 5.91 Å². The van der Waals surface area contributed by atoms with Gasteiger partial charge in [0.2, 0.25) is 5.91 Å². The molecular weight excluding hydrogens is 468 g/mol. The minimum Gasteiger partial charge on any atom is -0.493 e. The summed E-state index contributed by atoms with van der Waals surface area (Å²) in [6, 6.07) is 21.8. The zero-order valence-electron chi connectivity index (χ0n) is 21.8. The third-order valence-corrected chi connectivity index (χ3v) is 6.18. The zero-order valence-corrected chi connectivity index (χ0v) is 21.8. The Morgan fingerprint density at radius 1 is 0.919 bits per heavy atom. The van der Waals surface area contributed by atoms with Crippen LogP contribution in [0.4, 0.5) is 5.69 Å². The van der Waals surface area contributed by atoms with E-state index in [1.807, 2.05) is 79.9 Å². The lowest BCUT2D eigenvalue weighted by Crippen LogP contribution is -2.40. The van der Waals surface area contributed by atoms with E-state index in [1.54, 1.807) is 30.2 Å². The average Bonchev–Trinajstić information content (AvgIpc) is 3.27. The predicted octanol–water partition coefficient (Wildman–Crippen LogP) is 4.99. The molecule has 3 aromatic carbocycles. The Kier molecular flexibility index (Phi) is 7.77. The number of ether oxygens (including phenoxy) is 2. The fraction of sp³-hybridized carbons (Fsp3) is 0.276. The van der Waals surface area contributed by atoms with Gasteiger partial charge in [0.1, 0.15) is 12.4 Å². The van der Waals surface area contributed by atoms with Gasteiger partial charge in [-0.25, -0.2) is 4.98 Å². The minimum atomic E-state index is -0.468. The monoisotopic (exact) mass is 500 g/mol. The molecule has 0 spiro atoms. The van der Waals surface area contributed by atoms with Gasteiger partial charge in [-0.05, 0) is 63.2 Å². The number of aromatic nitrogens is 2. The van der Waals surface area contributed by atoms with Crippen molar-refractivity contribution < 1.29 is 19.1 Å². The van der Waals surface area contributed by atoms with Crippen LogP contribution in [0, 0.1) is 0 Å². The molecule has 0 saturated heterocycles. The molecule has 192 valence electrons. The number of benzene rings is 3. The summed E-state index contributed by atoms with van der Waals surface area (Å²) in [4.78, 5) is 33.3. The van der Waals surface area contributed by atoms with E-state index in [4.69, 9.17) is 14.5 Å². The molecule has 37 heavy (non-hydrogen) atoms. The maximum absolute atomic E-state index is 13.6. The Morgan fingerprint density at radius 3 is 2.27 bits per heavy atom. The summed E-state index contributed by atoms with van der Waals surface area (Å²) in [6.45, 7) is 5.92. The van der Waals surface area contributed by atoms with Crippen LogP contribution in [0.1, 0.15) is 43.0 Å². The average molecular weight is 501 g/mol. The van der Waals surface area contributed by atoms with Gasteiger partial charge in [0, 0.05) is 17.3 Å². The highest BCUT2D eigenvalue weighted by molar-refractivity contribution is 5.96. The Balaban J connectivity index is 1.64. The van der Waals surface area contributed by atoms with Crippen LogP contribution < -0.4 is 19.7 Å². The number of rotatable bonds is 9. The molecule has 0 radical (unpaired) electrons. The number of anilines is 1. The number of carbonyl (C=O) groups is 2. The number of hydrogen-bond acceptors (Lipinski definition) is 5. The maximum Gasteiger partial charge on any atom is 0.251 e. The molecule has 1 N–H and O–H groups in total. The molecule has 1 aromatic heterocycles. The first-order valence-electron chi connectivity index (χ1n) is 12.2. The summed E-state index contributed by atoms with van der Waals surface area (Å²) in [5.41, 5.74) is 2.85. The highest BCUT2D eigenvalue weighted by Crippen LogP contribution is 2.28. The second kappa shape index (κ2) is 11.2. The van der Waals surface area contributed by atoms with Crippen LogP contribution in [0.25, 0.3) is 11.0 Å². The third kappa shape index (κ3) is 5.43. The molecule has 4 rings (SSSR count). The number of fused-ring (bicyclic) bond motifs is 1. The standard InChI is InChI=1S/C29H32N4O4/c1-19(2)33(22-11-7-6-8-12-22)27(34)18-32-24-14-10-9-13-23(24)31-28(32)20(3)30-29(35)21-15-16-25(36-4)26(17-21)37-5/h6-17,19-20H,18H2,1-5H3,(H,30,35). The molecule has 4 aromatic rings. The number of amides is 2. The number of nitrogens with zero attached hydrogens (tertiary/aromatic N) is 3. The van der Waals surface area contributed by atoms with E-state index < -0.39 is 6.04 Å². The Morgan fingerprint density at radius 2 is 1.59 bits per heavy atom. The Labute approximate surface area is 216 Å². The lowest BCUT2D eigenvalue weighted by Gasteiger charge is -2.28. The molecule has 0 aliphatic heterocycles. The summed E-state index contributed by atoms with van der Waals surface area (Å²) >= 11 is 0. The first-order chi connectivity index (χ1) is 17.8. The second-order valence-corrected chi connectivity index (χ2v) is 9.00. The van der Waals surface area contributed by atoms with Crippen molar-refractivity contribution in [1.82, 2.24) is 14.9 Å². The fourth-order valence-electron chi connectivity index (χ4n) is 4.44. The molecule has 1 heterocycles. The summed E-state index contributed by atoms with van der Waals surface area (Å²) in [5.74, 6) is 1.26. The molecular formula is C29H32N4O4. The van der Waals surface area contributed by atoms with E-state index in [0.717, 1.165) is 16.7 Å². The number of imidazole rings is 1. The highest BCUT2D eigenvalue weighted by atomic mass is 16.5. The first-order valence-corrected chi connectivity index (χ1v) is 12.2. The van der Waals surface area contributed by atoms with Crippen LogP contribution in [0.2, 0.25) is 0 Å². The maximum atomic E-state index is 13.6. The first kappa shape index (κ1) is 25.8. The number of hydrogen-bond donors (Lipinski definition) is 1. The van der Waals surface area contributed by atoms with Crippen LogP contribution in [0.5, 0.6) is 11.5 Å². The fourth-order valence-corrected chi connectivity index (χ4v) is 4.44. The van der Waals surface area contributed by atoms with Crippen molar-refractivity contribution in [3.8, 4) is 11.5 Å². The summed E-state index contributed by atoms with van der Waals surface area (Å²) in [5, 5.41) is 3.02. The molecule has 8 heteroatoms. The molecule has 1 unspecified atom stereocenters. The third-order valence-electron chi connectivity index (χ3n) is 6.18. The van der Waals surface area contributed by atoms with E-state index in [1.165, 1.54) is 7.11 Å². The van der Waals surface area contributed by atoms with Crippen LogP contribution in [-0.4, -0.2) is 41.6 Å². The smallest absolute Gasteiger partial charge is 0.251 e. The van der Waals surface area contributed by atoms with Crippen LogP contribution in [0.3, 0.4) is 0 Å². The molecule has 1 atom stereocenters. The summed E-state index contributed by atoms with van der Waals surface area (Å²) in [6.07, 6.45) is 0. The summed E-state index contributed by atoms with van der Waals surface area (Å²) < 4.78 is 12.5. The van der Waals surface area contributed by atoms with E-state index in [2.05, 4.69) is 5.32 Å². The van der Waals surface area contributed by atoms with Gasteiger partial charge in [-0.15, -0.1) is 0 Å². The number of nitrogens with one attached hydrogen (secondary N) is 1. The van der Waals surface area contributed by atoms with Crippen molar-refractivity contribution in [1.29, 1.82) is 0 Å². The highest BCUT2D eigenvalue weighted by Gasteiger charge is 2.25. The van der Waals surface area contributed by atoms with Crippen molar-refractivity contribution in [2.45, 2.75) is 39.4 Å². The summed E-state index contributed by atoms with van der Waals surface area (Å²) in [7, 11) is 3.07. The van der Waals surface area contributed by atoms with Crippen molar-refractivity contribution in [2.75, 3.05) is 19.1 Å². The van der Waals surface area contributed by atoms with E-state index in [0.29, 0.717) is 22.9 Å². The second-order valence-electron chi connectivity index (χ2n) is 9.00. The van der Waals surface area contributed by atoms with Gasteiger partial charge in [-0.3, -0.25) is 9.59 Å². The van der Waals surface area contributed by atoms with Gasteiger partial charge in [0.05, 0.1) is 31.3 Å². The lowest BCUT2D eigenvalue weighted by atomic mass is 10.1. The molecule has 0 bridgehead atoms. The van der Waals surface area contributed by atoms with Gasteiger partial charge in [0.15, 0.2) is 11.5 Å². The molecule has 8 nitrogen and oxygen atoms in total. The van der Waals surface area contributed by atoms with Crippen LogP contribution in [0.15, 0.2) is 72.8 Å². The number of para-hydroxylation sites is 3. The topological polar surface area (TPSA) is 85.7 Å². The van der Waals surface area contributed by atoms with E-state index in [9.17, 15) is 9.59 Å². The molecule has 0 fully saturated rings. The largest absolute Gasteiger partial charge is 0.493 e. The van der Waals surface area contributed by atoms with Gasteiger partial charge in [-0.1, -0.05) is 30.3 Å². The van der Waals surface area contributed by atoms with E-state index in [-0.39, 0.29) is 24.4 Å². The molecule has 0 saturated carbocycles. The quantitative estimate of drug-likeness (QED) is 0.350. The SMILES string of the molecule is COc1ccc(C(=O)NC(C)c2nc3ccccc3n2CC(=O)N(c2ccccc2)C(C)C)cc1OC. The normalized spacial score (nSPS) is 11.8. The van der Waals surface area contributed by atoms with Gasteiger partial charge < -0.3 is 24.3 Å². The Bertz CT molecular complexity index is 1400. The van der Waals surface area contributed by atoms with Crippen molar-refractivity contribution in [3.63, 3.8) is 0 Å². The molecule has 0 aliphatic rings. The van der Waals surface area contributed by atoms with E-state index >= 15 is 0 Å². The lowest BCUT2D eigenvalue weighted by molar-refractivity contribution is -0.119. The van der Waals surface area contributed by atoms with Crippen LogP contribution in [-0.2, 0) is 11.3 Å². The Hall–Kier alpha value is -4.33. The zero-order chi connectivity index (χ0) is 26.5. The number of carbonyl (C=O) groups excluding carboxylic acids is 2.